The molecule has 0 saturated heterocycles. The Morgan fingerprint density at radius 1 is 1.14 bits per heavy atom. The van der Waals surface area contributed by atoms with Crippen LogP contribution in [0.2, 0.25) is 10.0 Å². The molecule has 0 aliphatic heterocycles. The van der Waals surface area contributed by atoms with Crippen molar-refractivity contribution in [2.24, 2.45) is 0 Å². The number of hydrogen-bond donors (Lipinski definition) is 1. The minimum Gasteiger partial charge on any atom is -0.471 e. The van der Waals surface area contributed by atoms with Crippen LogP contribution >= 0.6 is 23.2 Å². The van der Waals surface area contributed by atoms with Gasteiger partial charge in [0.05, 0.1) is 10.0 Å². The molecule has 0 bridgehead atoms. The number of aryl methyl sites for hydroxylation is 2. The normalized spacial score (nSPS) is 11.0. The number of nitrogens with one attached hydrogen (secondary N) is 1. The van der Waals surface area contributed by atoms with E-state index in [0.717, 1.165) is 22.2 Å². The van der Waals surface area contributed by atoms with Crippen LogP contribution in [0.1, 0.15) is 16.8 Å². The molecule has 0 atom stereocenters. The van der Waals surface area contributed by atoms with Crippen molar-refractivity contribution in [1.82, 2.24) is 9.97 Å². The number of nitrogens with zero attached hydrogens (tertiary/aromatic N) is 1. The van der Waals surface area contributed by atoms with Gasteiger partial charge in [-0.05, 0) is 43.2 Å². The molecule has 3 rings (SSSR count). The number of ether oxygens (including phenoxy) is 1. The van der Waals surface area contributed by atoms with Crippen LogP contribution in [0, 0.1) is 13.8 Å². The topological polar surface area (TPSA) is 37.9 Å². The molecule has 5 heteroatoms. The summed E-state index contributed by atoms with van der Waals surface area (Å²) in [5.74, 6) is 0.592. The second kappa shape index (κ2) is 5.58. The van der Waals surface area contributed by atoms with Crippen molar-refractivity contribution in [2.75, 3.05) is 0 Å². The molecule has 3 nitrogen and oxygen atoms in total. The van der Waals surface area contributed by atoms with Crippen molar-refractivity contribution < 1.29 is 4.74 Å². The quantitative estimate of drug-likeness (QED) is 0.732. The van der Waals surface area contributed by atoms with E-state index in [1.165, 1.54) is 5.56 Å². The molecule has 2 aromatic heterocycles. The summed E-state index contributed by atoms with van der Waals surface area (Å²) in [6, 6.07) is 7.44. The Hall–Kier alpha value is -1.71. The summed E-state index contributed by atoms with van der Waals surface area (Å²) in [6.45, 7) is 4.51. The molecular weight excluding hydrogens is 307 g/mol. The molecular formula is C16H14Cl2N2O. The van der Waals surface area contributed by atoms with Gasteiger partial charge in [0, 0.05) is 17.3 Å². The Morgan fingerprint density at radius 3 is 2.71 bits per heavy atom. The summed E-state index contributed by atoms with van der Waals surface area (Å²) < 4.78 is 5.82. The van der Waals surface area contributed by atoms with Gasteiger partial charge in [0.2, 0.25) is 5.88 Å². The van der Waals surface area contributed by atoms with Crippen molar-refractivity contribution in [1.29, 1.82) is 0 Å². The Kier molecular flexibility index (Phi) is 3.79. The Balaban J connectivity index is 1.88. The lowest BCUT2D eigenvalue weighted by molar-refractivity contribution is 0.297. The van der Waals surface area contributed by atoms with E-state index in [1.54, 1.807) is 18.3 Å². The van der Waals surface area contributed by atoms with E-state index in [2.05, 4.69) is 16.9 Å². The largest absolute Gasteiger partial charge is 0.471 e. The molecule has 0 amide bonds. The van der Waals surface area contributed by atoms with Crippen molar-refractivity contribution in [3.63, 3.8) is 0 Å². The van der Waals surface area contributed by atoms with E-state index < -0.39 is 0 Å². The highest BCUT2D eigenvalue weighted by atomic mass is 35.5. The van der Waals surface area contributed by atoms with Crippen LogP contribution < -0.4 is 4.74 Å². The van der Waals surface area contributed by atoms with Crippen LogP contribution in [0.5, 0.6) is 5.88 Å². The number of hydrogen-bond acceptors (Lipinski definition) is 2. The molecule has 0 unspecified atom stereocenters. The number of halogens is 2. The number of pyridine rings is 1. The van der Waals surface area contributed by atoms with Gasteiger partial charge in [0.25, 0.3) is 0 Å². The Bertz CT molecular complexity index is 811. The van der Waals surface area contributed by atoms with Gasteiger partial charge in [-0.25, -0.2) is 4.98 Å². The molecule has 0 saturated carbocycles. The summed E-state index contributed by atoms with van der Waals surface area (Å²) in [7, 11) is 0. The molecule has 2 heterocycles. The standard InChI is InChI=1S/C16H14Cl2N2O/c1-9-10(2)20-15-12(9)5-6-19-16(15)21-8-11-3-4-13(17)14(18)7-11/h3-7,20H,8H2,1-2H3. The van der Waals surface area contributed by atoms with Gasteiger partial charge >= 0.3 is 0 Å². The lowest BCUT2D eigenvalue weighted by atomic mass is 10.2. The fraction of sp³-hybridized carbons (Fsp3) is 0.188. The summed E-state index contributed by atoms with van der Waals surface area (Å²) in [4.78, 5) is 7.62. The second-order valence-corrected chi connectivity index (χ2v) is 5.77. The van der Waals surface area contributed by atoms with E-state index in [0.29, 0.717) is 22.5 Å². The Morgan fingerprint density at radius 2 is 1.95 bits per heavy atom. The van der Waals surface area contributed by atoms with Gasteiger partial charge in [0.15, 0.2) is 0 Å². The molecule has 0 aliphatic carbocycles. The van der Waals surface area contributed by atoms with Gasteiger partial charge < -0.3 is 9.72 Å². The van der Waals surface area contributed by atoms with Crippen LogP contribution in [-0.4, -0.2) is 9.97 Å². The minimum atomic E-state index is 0.389. The highest BCUT2D eigenvalue weighted by Crippen LogP contribution is 2.28. The van der Waals surface area contributed by atoms with Gasteiger partial charge in [-0.3, -0.25) is 0 Å². The molecule has 108 valence electrons. The average Bonchev–Trinajstić information content (AvgIpc) is 2.76. The third-order valence-corrected chi connectivity index (χ3v) is 4.29. The molecule has 1 N–H and O–H groups in total. The number of benzene rings is 1. The highest BCUT2D eigenvalue weighted by molar-refractivity contribution is 6.42. The first-order valence-corrected chi connectivity index (χ1v) is 7.32. The van der Waals surface area contributed by atoms with Gasteiger partial charge in [-0.1, -0.05) is 29.3 Å². The fourth-order valence-electron chi connectivity index (χ4n) is 2.25. The number of rotatable bonds is 3. The first kappa shape index (κ1) is 14.2. The molecule has 0 fully saturated rings. The Labute approximate surface area is 132 Å². The summed E-state index contributed by atoms with van der Waals surface area (Å²) >= 11 is 11.9. The van der Waals surface area contributed by atoms with Crippen LogP contribution in [0.4, 0.5) is 0 Å². The minimum absolute atomic E-state index is 0.389. The van der Waals surface area contributed by atoms with Crippen molar-refractivity contribution >= 4 is 34.1 Å². The van der Waals surface area contributed by atoms with Crippen molar-refractivity contribution in [2.45, 2.75) is 20.5 Å². The number of fused-ring (bicyclic) bond motifs is 1. The zero-order valence-electron chi connectivity index (χ0n) is 11.7. The maximum atomic E-state index is 6.01. The highest BCUT2D eigenvalue weighted by Gasteiger charge is 2.10. The first-order chi connectivity index (χ1) is 10.1. The molecule has 0 aliphatic rings. The maximum absolute atomic E-state index is 6.01. The number of H-pyrrole nitrogens is 1. The lowest BCUT2D eigenvalue weighted by Crippen LogP contribution is -1.98. The second-order valence-electron chi connectivity index (χ2n) is 4.95. The van der Waals surface area contributed by atoms with Gasteiger partial charge in [-0.15, -0.1) is 0 Å². The van der Waals surface area contributed by atoms with Gasteiger partial charge in [0.1, 0.15) is 12.1 Å². The summed E-state index contributed by atoms with van der Waals surface area (Å²) in [5, 5.41) is 2.19. The van der Waals surface area contributed by atoms with E-state index in [4.69, 9.17) is 27.9 Å². The first-order valence-electron chi connectivity index (χ1n) is 6.57. The van der Waals surface area contributed by atoms with E-state index in [9.17, 15) is 0 Å². The number of aromatic nitrogens is 2. The molecule has 3 aromatic rings. The van der Waals surface area contributed by atoms with E-state index in [-0.39, 0.29) is 0 Å². The molecule has 1 aromatic carbocycles. The smallest absolute Gasteiger partial charge is 0.238 e. The van der Waals surface area contributed by atoms with Crippen molar-refractivity contribution in [3.05, 3.63) is 57.3 Å². The van der Waals surface area contributed by atoms with Crippen LogP contribution in [-0.2, 0) is 6.61 Å². The summed E-state index contributed by atoms with van der Waals surface area (Å²) in [5.41, 5.74) is 4.21. The molecule has 21 heavy (non-hydrogen) atoms. The SMILES string of the molecule is Cc1[nH]c2c(OCc3ccc(Cl)c(Cl)c3)nccc2c1C. The van der Waals surface area contributed by atoms with Crippen LogP contribution in [0.25, 0.3) is 10.9 Å². The average molecular weight is 321 g/mol. The maximum Gasteiger partial charge on any atom is 0.238 e. The summed E-state index contributed by atoms with van der Waals surface area (Å²) in [6.07, 6.45) is 1.76. The van der Waals surface area contributed by atoms with Crippen LogP contribution in [0.3, 0.4) is 0 Å². The van der Waals surface area contributed by atoms with E-state index >= 15 is 0 Å². The third kappa shape index (κ3) is 2.71. The number of aromatic amines is 1. The van der Waals surface area contributed by atoms with Gasteiger partial charge in [-0.2, -0.15) is 0 Å². The molecule has 0 radical (unpaired) electrons. The monoisotopic (exact) mass is 320 g/mol. The zero-order valence-corrected chi connectivity index (χ0v) is 13.2. The zero-order chi connectivity index (χ0) is 15.0. The predicted octanol–water partition coefficient (Wildman–Crippen LogP) is 5.07. The predicted molar refractivity (Wildman–Crippen MR) is 86.4 cm³/mol. The van der Waals surface area contributed by atoms with Crippen LogP contribution in [0.15, 0.2) is 30.5 Å². The third-order valence-electron chi connectivity index (χ3n) is 3.55. The molecule has 0 spiro atoms. The fourth-order valence-corrected chi connectivity index (χ4v) is 2.57. The lowest BCUT2D eigenvalue weighted by Gasteiger charge is -2.07. The van der Waals surface area contributed by atoms with Crippen molar-refractivity contribution in [3.8, 4) is 5.88 Å². The van der Waals surface area contributed by atoms with E-state index in [1.807, 2.05) is 19.1 Å².